The largest absolute Gasteiger partial charge is 0.380 e. The number of hydrogen-bond donors (Lipinski definition) is 0. The van der Waals surface area contributed by atoms with E-state index in [2.05, 4.69) is 20.9 Å². The fourth-order valence-corrected chi connectivity index (χ4v) is 4.04. The number of nitro benzene ring substituents is 1. The second-order valence-corrected chi connectivity index (χ2v) is 7.40. The van der Waals surface area contributed by atoms with Crippen LogP contribution in [0, 0.1) is 10.1 Å². The second kappa shape index (κ2) is 8.55. The zero-order valence-electron chi connectivity index (χ0n) is 14.4. The summed E-state index contributed by atoms with van der Waals surface area (Å²) in [6.07, 6.45) is 0. The number of aromatic nitrogens is 1. The van der Waals surface area contributed by atoms with E-state index in [-0.39, 0.29) is 11.6 Å². The van der Waals surface area contributed by atoms with E-state index in [9.17, 15) is 14.9 Å². The molecule has 0 saturated heterocycles. The van der Waals surface area contributed by atoms with Crippen molar-refractivity contribution in [1.82, 2.24) is 4.57 Å². The third kappa shape index (κ3) is 4.32. The number of carbonyl (C=O) groups is 1. The lowest BCUT2D eigenvalue weighted by Crippen LogP contribution is -2.20. The van der Waals surface area contributed by atoms with Crippen LogP contribution in [0.5, 0.6) is 0 Å². The van der Waals surface area contributed by atoms with Gasteiger partial charge in [-0.25, -0.2) is 0 Å². The number of benzene rings is 2. The van der Waals surface area contributed by atoms with Gasteiger partial charge in [0.1, 0.15) is 0 Å². The number of nitrogens with zero attached hydrogens (tertiary/aromatic N) is 3. The van der Waals surface area contributed by atoms with Crippen LogP contribution < -0.4 is 4.80 Å². The number of thiazole rings is 1. The molecule has 0 aliphatic carbocycles. The van der Waals surface area contributed by atoms with Gasteiger partial charge < -0.3 is 9.30 Å². The lowest BCUT2D eigenvalue weighted by molar-refractivity contribution is -0.384. The maximum absolute atomic E-state index is 12.6. The number of halogens is 1. The summed E-state index contributed by atoms with van der Waals surface area (Å²) < 4.78 is 8.68. The molecular formula is C18H16BrN3O4S. The summed E-state index contributed by atoms with van der Waals surface area (Å²) in [5, 5.41) is 11.1. The number of rotatable bonds is 6. The first-order chi connectivity index (χ1) is 13.0. The van der Waals surface area contributed by atoms with Crippen molar-refractivity contribution < 1.29 is 14.5 Å². The quantitative estimate of drug-likeness (QED) is 0.321. The van der Waals surface area contributed by atoms with Crippen molar-refractivity contribution in [3.63, 3.8) is 0 Å². The van der Waals surface area contributed by atoms with Crippen molar-refractivity contribution in [1.29, 1.82) is 0 Å². The Kier molecular flexibility index (Phi) is 6.15. The van der Waals surface area contributed by atoms with Gasteiger partial charge in [0.25, 0.3) is 11.6 Å². The van der Waals surface area contributed by atoms with Crippen molar-refractivity contribution in [2.24, 2.45) is 4.99 Å². The van der Waals surface area contributed by atoms with Crippen molar-refractivity contribution in [2.75, 3.05) is 13.2 Å². The van der Waals surface area contributed by atoms with Gasteiger partial charge in [0.15, 0.2) is 4.80 Å². The van der Waals surface area contributed by atoms with Gasteiger partial charge in [-0.1, -0.05) is 23.5 Å². The number of ether oxygens (including phenoxy) is 1. The minimum atomic E-state index is -0.437. The van der Waals surface area contributed by atoms with Crippen molar-refractivity contribution >= 4 is 49.1 Å². The smallest absolute Gasteiger partial charge is 0.280 e. The lowest BCUT2D eigenvalue weighted by atomic mass is 10.2. The predicted octanol–water partition coefficient (Wildman–Crippen LogP) is 4.15. The first-order valence-electron chi connectivity index (χ1n) is 8.20. The minimum absolute atomic E-state index is 0.00543. The number of hydrogen-bond acceptors (Lipinski definition) is 5. The average molecular weight is 450 g/mol. The molecule has 3 rings (SSSR count). The Balaban J connectivity index is 2.12. The van der Waals surface area contributed by atoms with E-state index in [1.54, 1.807) is 28.8 Å². The highest BCUT2D eigenvalue weighted by molar-refractivity contribution is 9.10. The Hall–Kier alpha value is -2.36. The van der Waals surface area contributed by atoms with E-state index in [1.165, 1.54) is 23.5 Å². The van der Waals surface area contributed by atoms with Gasteiger partial charge in [-0.15, -0.1) is 0 Å². The summed E-state index contributed by atoms with van der Waals surface area (Å²) in [6, 6.07) is 11.7. The maximum Gasteiger partial charge on any atom is 0.280 e. The highest BCUT2D eigenvalue weighted by atomic mass is 79.9. The van der Waals surface area contributed by atoms with Gasteiger partial charge in [-0.3, -0.25) is 14.9 Å². The SMILES string of the molecule is CCOCCn1c(=NC(=O)c2ccccc2Br)sc2ccc([N+](=O)[O-])cc21. The van der Waals surface area contributed by atoms with Crippen LogP contribution in [0.2, 0.25) is 0 Å². The predicted molar refractivity (Wildman–Crippen MR) is 107 cm³/mol. The first-order valence-corrected chi connectivity index (χ1v) is 9.81. The van der Waals surface area contributed by atoms with Gasteiger partial charge in [0.2, 0.25) is 0 Å². The van der Waals surface area contributed by atoms with Crippen LogP contribution in [0.4, 0.5) is 5.69 Å². The number of amides is 1. The fourth-order valence-electron chi connectivity index (χ4n) is 2.55. The van der Waals surface area contributed by atoms with Crippen LogP contribution in [0.25, 0.3) is 10.2 Å². The summed E-state index contributed by atoms with van der Waals surface area (Å²) in [5.41, 5.74) is 1.11. The van der Waals surface area contributed by atoms with Gasteiger partial charge in [-0.2, -0.15) is 4.99 Å². The highest BCUT2D eigenvalue weighted by Gasteiger charge is 2.14. The molecule has 0 spiro atoms. The molecule has 2 aromatic carbocycles. The van der Waals surface area contributed by atoms with Crippen LogP contribution in [-0.4, -0.2) is 28.6 Å². The topological polar surface area (TPSA) is 86.7 Å². The van der Waals surface area contributed by atoms with Crippen LogP contribution in [0.3, 0.4) is 0 Å². The van der Waals surface area contributed by atoms with Crippen molar-refractivity contribution in [3.05, 3.63) is 67.4 Å². The average Bonchev–Trinajstić information content (AvgIpc) is 2.98. The van der Waals surface area contributed by atoms with Crippen molar-refractivity contribution in [3.8, 4) is 0 Å². The molecule has 27 heavy (non-hydrogen) atoms. The monoisotopic (exact) mass is 449 g/mol. The molecule has 0 radical (unpaired) electrons. The summed E-state index contributed by atoms with van der Waals surface area (Å²) in [5.74, 6) is -0.381. The number of non-ortho nitro benzene ring substituents is 1. The summed E-state index contributed by atoms with van der Waals surface area (Å²) in [7, 11) is 0. The molecule has 1 aromatic heterocycles. The minimum Gasteiger partial charge on any atom is -0.380 e. The molecule has 1 amide bonds. The number of nitro groups is 1. The van der Waals surface area contributed by atoms with E-state index >= 15 is 0 Å². The highest BCUT2D eigenvalue weighted by Crippen LogP contribution is 2.23. The van der Waals surface area contributed by atoms with Crippen molar-refractivity contribution in [2.45, 2.75) is 13.5 Å². The normalized spacial score (nSPS) is 11.9. The Labute approximate surface area is 167 Å². The molecule has 140 valence electrons. The molecule has 0 N–H and O–H groups in total. The summed E-state index contributed by atoms with van der Waals surface area (Å²) in [4.78, 5) is 28.0. The Morgan fingerprint density at radius 1 is 1.33 bits per heavy atom. The Bertz CT molecular complexity index is 1070. The van der Waals surface area contributed by atoms with E-state index in [0.717, 1.165) is 4.70 Å². The van der Waals surface area contributed by atoms with E-state index in [4.69, 9.17) is 4.74 Å². The van der Waals surface area contributed by atoms with Gasteiger partial charge in [0.05, 0.1) is 27.3 Å². The molecular weight excluding hydrogens is 434 g/mol. The standard InChI is InChI=1S/C18H16BrN3O4S/c1-2-26-10-9-21-15-11-12(22(24)25)7-8-16(15)27-18(21)20-17(23)13-5-3-4-6-14(13)19/h3-8,11H,2,9-10H2,1H3. The maximum atomic E-state index is 12.6. The zero-order chi connectivity index (χ0) is 19.4. The van der Waals surface area contributed by atoms with Crippen LogP contribution >= 0.6 is 27.3 Å². The molecule has 0 saturated carbocycles. The van der Waals surface area contributed by atoms with Gasteiger partial charge >= 0.3 is 0 Å². The van der Waals surface area contributed by atoms with Gasteiger partial charge in [0, 0.05) is 29.8 Å². The second-order valence-electron chi connectivity index (χ2n) is 5.54. The van der Waals surface area contributed by atoms with Crippen LogP contribution in [-0.2, 0) is 11.3 Å². The molecule has 9 heteroatoms. The van der Waals surface area contributed by atoms with Crippen LogP contribution in [0.15, 0.2) is 51.9 Å². The Morgan fingerprint density at radius 3 is 2.81 bits per heavy atom. The molecule has 0 unspecified atom stereocenters. The zero-order valence-corrected chi connectivity index (χ0v) is 16.8. The van der Waals surface area contributed by atoms with E-state index in [0.29, 0.717) is 40.1 Å². The molecule has 0 bridgehead atoms. The van der Waals surface area contributed by atoms with E-state index < -0.39 is 4.92 Å². The molecule has 1 heterocycles. The fraction of sp³-hybridized carbons (Fsp3) is 0.222. The molecule has 7 nitrogen and oxygen atoms in total. The summed E-state index contributed by atoms with van der Waals surface area (Å²) in [6.45, 7) is 3.31. The Morgan fingerprint density at radius 2 is 2.11 bits per heavy atom. The third-order valence-corrected chi connectivity index (χ3v) is 5.59. The molecule has 3 aromatic rings. The molecule has 0 fully saturated rings. The lowest BCUT2D eigenvalue weighted by Gasteiger charge is -2.05. The third-order valence-electron chi connectivity index (χ3n) is 3.84. The number of carbonyl (C=O) groups excluding carboxylic acids is 1. The van der Waals surface area contributed by atoms with Crippen LogP contribution in [0.1, 0.15) is 17.3 Å². The molecule has 0 atom stereocenters. The molecule has 0 aliphatic heterocycles. The van der Waals surface area contributed by atoms with E-state index in [1.807, 2.05) is 13.0 Å². The van der Waals surface area contributed by atoms with Gasteiger partial charge in [-0.05, 0) is 41.1 Å². The molecule has 0 aliphatic rings. The number of fused-ring (bicyclic) bond motifs is 1. The summed E-state index contributed by atoms with van der Waals surface area (Å²) >= 11 is 4.67. The first kappa shape index (κ1) is 19.4.